The van der Waals surface area contributed by atoms with E-state index >= 15 is 0 Å². The summed E-state index contributed by atoms with van der Waals surface area (Å²) in [4.78, 5) is 11.9. The Kier molecular flexibility index (Phi) is 5.02. The fraction of sp³-hybridized carbons (Fsp3) is 0.235. The van der Waals surface area contributed by atoms with Crippen LogP contribution in [0, 0.1) is 5.82 Å². The van der Waals surface area contributed by atoms with E-state index in [2.05, 4.69) is 6.92 Å². The minimum Gasteiger partial charge on any atom is -0.369 e. The molecule has 0 bridgehead atoms. The lowest BCUT2D eigenvalue weighted by Gasteiger charge is -2.05. The Balaban J connectivity index is 1.87. The molecule has 2 rings (SSSR count). The molecule has 0 unspecified atom stereocenters. The van der Waals surface area contributed by atoms with Crippen molar-refractivity contribution in [1.29, 1.82) is 0 Å². The summed E-state index contributed by atoms with van der Waals surface area (Å²) in [6.45, 7) is 2.12. The van der Waals surface area contributed by atoms with E-state index in [0.717, 1.165) is 6.42 Å². The number of rotatable bonds is 6. The maximum Gasteiger partial charge on any atom is 0.188 e. The summed E-state index contributed by atoms with van der Waals surface area (Å²) < 4.78 is 18.6. The highest BCUT2D eigenvalue weighted by atomic mass is 19.1. The van der Waals surface area contributed by atoms with Gasteiger partial charge in [0.2, 0.25) is 0 Å². The van der Waals surface area contributed by atoms with E-state index < -0.39 is 0 Å². The third-order valence-electron chi connectivity index (χ3n) is 3.13. The van der Waals surface area contributed by atoms with Gasteiger partial charge in [-0.3, -0.25) is 4.79 Å². The molecule has 0 heterocycles. The Hall–Kier alpha value is -2.00. The second-order valence-electron chi connectivity index (χ2n) is 4.56. The summed E-state index contributed by atoms with van der Waals surface area (Å²) in [5, 5.41) is 0. The molecule has 0 saturated heterocycles. The normalized spacial score (nSPS) is 10.5. The lowest BCUT2D eigenvalue weighted by molar-refractivity contribution is 0.0721. The number of Topliss-reactive ketones (excluding diaryl/α,β-unsaturated/α-hetero) is 1. The van der Waals surface area contributed by atoms with Crippen molar-refractivity contribution < 1.29 is 13.9 Å². The first kappa shape index (κ1) is 14.4. The molecule has 104 valence electrons. The number of hydrogen-bond acceptors (Lipinski definition) is 2. The molecule has 20 heavy (non-hydrogen) atoms. The largest absolute Gasteiger partial charge is 0.369 e. The lowest BCUT2D eigenvalue weighted by atomic mass is 10.1. The van der Waals surface area contributed by atoms with E-state index in [-0.39, 0.29) is 24.8 Å². The van der Waals surface area contributed by atoms with Gasteiger partial charge < -0.3 is 4.74 Å². The van der Waals surface area contributed by atoms with E-state index in [1.54, 1.807) is 30.3 Å². The summed E-state index contributed by atoms with van der Waals surface area (Å²) in [5.41, 5.74) is 2.27. The van der Waals surface area contributed by atoms with Crippen molar-refractivity contribution in [3.63, 3.8) is 0 Å². The Morgan fingerprint density at radius 1 is 1.10 bits per heavy atom. The number of benzene rings is 2. The maximum absolute atomic E-state index is 13.4. The standard InChI is InChI=1S/C17H17FO2/c1-2-13-7-9-14(10-8-13)17(19)12-20-11-15-5-3-4-6-16(15)18/h3-10H,2,11-12H2,1H3. The van der Waals surface area contributed by atoms with Crippen molar-refractivity contribution in [1.82, 2.24) is 0 Å². The fourth-order valence-electron chi connectivity index (χ4n) is 1.88. The first-order chi connectivity index (χ1) is 9.70. The summed E-state index contributed by atoms with van der Waals surface area (Å²) in [7, 11) is 0. The van der Waals surface area contributed by atoms with Crippen LogP contribution < -0.4 is 0 Å². The van der Waals surface area contributed by atoms with Gasteiger partial charge in [-0.2, -0.15) is 0 Å². The van der Waals surface area contributed by atoms with Crippen LogP contribution in [0.4, 0.5) is 4.39 Å². The van der Waals surface area contributed by atoms with Crippen molar-refractivity contribution in [2.24, 2.45) is 0 Å². The van der Waals surface area contributed by atoms with Crippen molar-refractivity contribution in [2.45, 2.75) is 20.0 Å². The lowest BCUT2D eigenvalue weighted by Crippen LogP contribution is -2.09. The molecule has 2 nitrogen and oxygen atoms in total. The molecule has 0 radical (unpaired) electrons. The number of ketones is 1. The van der Waals surface area contributed by atoms with Crippen LogP contribution in [0.5, 0.6) is 0 Å². The van der Waals surface area contributed by atoms with Gasteiger partial charge in [-0.05, 0) is 18.1 Å². The van der Waals surface area contributed by atoms with Crippen LogP contribution in [0.3, 0.4) is 0 Å². The second-order valence-corrected chi connectivity index (χ2v) is 4.56. The molecule has 0 spiro atoms. The van der Waals surface area contributed by atoms with Gasteiger partial charge in [0.25, 0.3) is 0 Å². The maximum atomic E-state index is 13.4. The quantitative estimate of drug-likeness (QED) is 0.748. The molecule has 0 aliphatic rings. The van der Waals surface area contributed by atoms with Crippen LogP contribution in [0.15, 0.2) is 48.5 Å². The molecule has 0 amide bonds. The van der Waals surface area contributed by atoms with Crippen molar-refractivity contribution in [2.75, 3.05) is 6.61 Å². The fourth-order valence-corrected chi connectivity index (χ4v) is 1.88. The minimum atomic E-state index is -0.313. The highest BCUT2D eigenvalue weighted by Gasteiger charge is 2.07. The zero-order valence-corrected chi connectivity index (χ0v) is 11.4. The van der Waals surface area contributed by atoms with E-state index in [4.69, 9.17) is 4.74 Å². The third-order valence-corrected chi connectivity index (χ3v) is 3.13. The molecular formula is C17H17FO2. The van der Waals surface area contributed by atoms with Crippen LogP contribution >= 0.6 is 0 Å². The zero-order chi connectivity index (χ0) is 14.4. The number of carbonyl (C=O) groups excluding carboxylic acids is 1. The van der Waals surface area contributed by atoms with E-state index in [1.165, 1.54) is 11.6 Å². The van der Waals surface area contributed by atoms with Crippen molar-refractivity contribution >= 4 is 5.78 Å². The van der Waals surface area contributed by atoms with Gasteiger partial charge >= 0.3 is 0 Å². The molecule has 0 aromatic heterocycles. The topological polar surface area (TPSA) is 26.3 Å². The molecule has 0 N–H and O–H groups in total. The number of ether oxygens (including phenoxy) is 1. The van der Waals surface area contributed by atoms with Gasteiger partial charge in [0.15, 0.2) is 5.78 Å². The van der Waals surface area contributed by atoms with Crippen molar-refractivity contribution in [3.05, 3.63) is 71.0 Å². The third kappa shape index (κ3) is 3.75. The molecule has 2 aromatic carbocycles. The Morgan fingerprint density at radius 3 is 2.45 bits per heavy atom. The van der Waals surface area contributed by atoms with E-state index in [1.807, 2.05) is 12.1 Å². The van der Waals surface area contributed by atoms with Crippen LogP contribution in [-0.2, 0) is 17.8 Å². The average molecular weight is 272 g/mol. The van der Waals surface area contributed by atoms with Gasteiger partial charge in [-0.25, -0.2) is 4.39 Å². The monoisotopic (exact) mass is 272 g/mol. The molecule has 0 aliphatic carbocycles. The van der Waals surface area contributed by atoms with Gasteiger partial charge in [0.05, 0.1) is 6.61 Å². The first-order valence-electron chi connectivity index (χ1n) is 6.64. The van der Waals surface area contributed by atoms with Crippen LogP contribution in [0.25, 0.3) is 0 Å². The smallest absolute Gasteiger partial charge is 0.188 e. The molecule has 0 atom stereocenters. The predicted molar refractivity (Wildman–Crippen MR) is 76.2 cm³/mol. The Morgan fingerprint density at radius 2 is 1.80 bits per heavy atom. The number of hydrogen-bond donors (Lipinski definition) is 0. The zero-order valence-electron chi connectivity index (χ0n) is 11.4. The van der Waals surface area contributed by atoms with Crippen molar-refractivity contribution in [3.8, 4) is 0 Å². The first-order valence-corrected chi connectivity index (χ1v) is 6.64. The Labute approximate surface area is 118 Å². The van der Waals surface area contributed by atoms with Crippen LogP contribution in [0.1, 0.15) is 28.4 Å². The highest BCUT2D eigenvalue weighted by Crippen LogP contribution is 2.09. The van der Waals surface area contributed by atoms with Gasteiger partial charge in [0.1, 0.15) is 12.4 Å². The average Bonchev–Trinajstić information content (AvgIpc) is 2.49. The summed E-state index contributed by atoms with van der Waals surface area (Å²) >= 11 is 0. The van der Waals surface area contributed by atoms with E-state index in [9.17, 15) is 9.18 Å². The van der Waals surface area contributed by atoms with E-state index in [0.29, 0.717) is 11.1 Å². The SMILES string of the molecule is CCc1ccc(C(=O)COCc2ccccc2F)cc1. The molecule has 0 aliphatic heterocycles. The Bertz CT molecular complexity index is 576. The molecule has 0 saturated carbocycles. The molecular weight excluding hydrogens is 255 g/mol. The second kappa shape index (κ2) is 6.96. The van der Waals surface area contributed by atoms with Crippen LogP contribution in [-0.4, -0.2) is 12.4 Å². The molecule has 3 heteroatoms. The highest BCUT2D eigenvalue weighted by molar-refractivity contribution is 5.97. The number of carbonyl (C=O) groups is 1. The van der Waals surface area contributed by atoms with Gasteiger partial charge in [-0.1, -0.05) is 49.4 Å². The molecule has 0 fully saturated rings. The number of halogens is 1. The van der Waals surface area contributed by atoms with Gasteiger partial charge in [0, 0.05) is 11.1 Å². The summed E-state index contributed by atoms with van der Waals surface area (Å²) in [6, 6.07) is 13.9. The molecule has 2 aromatic rings. The summed E-state index contributed by atoms with van der Waals surface area (Å²) in [5.74, 6) is -0.406. The van der Waals surface area contributed by atoms with Gasteiger partial charge in [-0.15, -0.1) is 0 Å². The minimum absolute atomic E-state index is 0.0419. The summed E-state index contributed by atoms with van der Waals surface area (Å²) in [6.07, 6.45) is 0.943. The number of aryl methyl sites for hydroxylation is 1. The van der Waals surface area contributed by atoms with Crippen LogP contribution in [0.2, 0.25) is 0 Å². The predicted octanol–water partition coefficient (Wildman–Crippen LogP) is 3.79.